The zero-order valence-electron chi connectivity index (χ0n) is 14.7. The van der Waals surface area contributed by atoms with E-state index in [1.165, 1.54) is 16.9 Å². The molecule has 5 heteroatoms. The van der Waals surface area contributed by atoms with Gasteiger partial charge in [0.15, 0.2) is 5.13 Å². The van der Waals surface area contributed by atoms with Crippen LogP contribution in [0.2, 0.25) is 0 Å². The molecular weight excluding hydrogens is 344 g/mol. The van der Waals surface area contributed by atoms with E-state index in [4.69, 9.17) is 4.74 Å². The first-order valence-electron chi connectivity index (χ1n) is 8.54. The van der Waals surface area contributed by atoms with Gasteiger partial charge >= 0.3 is 0 Å². The van der Waals surface area contributed by atoms with Crippen molar-refractivity contribution in [2.24, 2.45) is 5.41 Å². The van der Waals surface area contributed by atoms with Crippen LogP contribution >= 0.6 is 11.3 Å². The Morgan fingerprint density at radius 3 is 2.77 bits per heavy atom. The summed E-state index contributed by atoms with van der Waals surface area (Å²) in [6, 6.07) is 16.3. The minimum absolute atomic E-state index is 0.00327. The molecule has 0 radical (unpaired) electrons. The summed E-state index contributed by atoms with van der Waals surface area (Å²) in [5.41, 5.74) is 2.89. The number of anilines is 1. The van der Waals surface area contributed by atoms with Crippen LogP contribution in [0.1, 0.15) is 29.5 Å². The predicted molar refractivity (Wildman–Crippen MR) is 104 cm³/mol. The average Bonchev–Trinajstić information content (AvgIpc) is 3.27. The molecular formula is C21H20N2O2S. The molecule has 26 heavy (non-hydrogen) atoms. The normalized spacial score (nSPS) is 21.2. The third kappa shape index (κ3) is 2.78. The third-order valence-electron chi connectivity index (χ3n) is 5.16. The Kier molecular flexibility index (Phi) is 4.24. The Morgan fingerprint density at radius 1 is 1.27 bits per heavy atom. The highest BCUT2D eigenvalue weighted by atomic mass is 32.1. The molecule has 2 aromatic carbocycles. The number of methoxy groups -OCH3 is 1. The van der Waals surface area contributed by atoms with Crippen molar-refractivity contribution in [1.29, 1.82) is 0 Å². The van der Waals surface area contributed by atoms with E-state index in [1.807, 2.05) is 36.6 Å². The number of benzene rings is 2. The Labute approximate surface area is 156 Å². The van der Waals surface area contributed by atoms with Crippen LogP contribution in [0.5, 0.6) is 5.75 Å². The highest BCUT2D eigenvalue weighted by Crippen LogP contribution is 2.52. The van der Waals surface area contributed by atoms with Crippen molar-refractivity contribution < 1.29 is 9.53 Å². The maximum atomic E-state index is 13.3. The lowest BCUT2D eigenvalue weighted by Crippen LogP contribution is -2.37. The van der Waals surface area contributed by atoms with E-state index in [0.29, 0.717) is 11.6 Å². The van der Waals surface area contributed by atoms with Gasteiger partial charge in [-0.05, 0) is 42.2 Å². The van der Waals surface area contributed by atoms with Crippen molar-refractivity contribution in [3.05, 3.63) is 76.8 Å². The van der Waals surface area contributed by atoms with Gasteiger partial charge < -0.3 is 10.1 Å². The van der Waals surface area contributed by atoms with Gasteiger partial charge in [-0.25, -0.2) is 4.98 Å². The smallest absolute Gasteiger partial charge is 0.233 e. The summed E-state index contributed by atoms with van der Waals surface area (Å²) >= 11 is 1.43. The van der Waals surface area contributed by atoms with Gasteiger partial charge in [0.25, 0.3) is 0 Å². The number of fused-ring (bicyclic) bond motifs is 1. The van der Waals surface area contributed by atoms with Gasteiger partial charge in [0.2, 0.25) is 5.91 Å². The lowest BCUT2D eigenvalue weighted by atomic mass is 9.73. The lowest BCUT2D eigenvalue weighted by molar-refractivity contribution is -0.125. The van der Waals surface area contributed by atoms with Crippen LogP contribution in [-0.4, -0.2) is 18.0 Å². The fourth-order valence-corrected chi connectivity index (χ4v) is 4.42. The van der Waals surface area contributed by atoms with E-state index in [0.717, 1.165) is 16.9 Å². The van der Waals surface area contributed by atoms with Crippen molar-refractivity contribution in [2.75, 3.05) is 12.4 Å². The molecule has 1 N–H and O–H groups in total. The molecule has 0 spiro atoms. The van der Waals surface area contributed by atoms with E-state index in [1.54, 1.807) is 13.3 Å². The zero-order valence-corrected chi connectivity index (χ0v) is 15.5. The van der Waals surface area contributed by atoms with E-state index in [9.17, 15) is 4.79 Å². The number of hydrogen-bond acceptors (Lipinski definition) is 4. The Morgan fingerprint density at radius 2 is 2.08 bits per heavy atom. The summed E-state index contributed by atoms with van der Waals surface area (Å²) in [5, 5.41) is 5.50. The van der Waals surface area contributed by atoms with Crippen LogP contribution in [0.25, 0.3) is 0 Å². The number of thiazole rings is 1. The van der Waals surface area contributed by atoms with E-state index >= 15 is 0 Å². The van der Waals surface area contributed by atoms with Gasteiger partial charge in [0.1, 0.15) is 5.75 Å². The summed E-state index contributed by atoms with van der Waals surface area (Å²) in [6.07, 6.45) is 2.38. The quantitative estimate of drug-likeness (QED) is 0.742. The number of carbonyl (C=O) groups excluding carboxylic acids is 1. The van der Waals surface area contributed by atoms with Crippen LogP contribution in [0, 0.1) is 5.41 Å². The molecule has 1 aromatic heterocycles. The first-order valence-corrected chi connectivity index (χ1v) is 9.42. The number of rotatable bonds is 4. The Bertz CT molecular complexity index is 924. The third-order valence-corrected chi connectivity index (χ3v) is 5.85. The zero-order chi connectivity index (χ0) is 18.1. The molecule has 4 nitrogen and oxygen atoms in total. The first-order chi connectivity index (χ1) is 12.6. The van der Waals surface area contributed by atoms with Gasteiger partial charge in [-0.1, -0.05) is 36.4 Å². The van der Waals surface area contributed by atoms with Crippen LogP contribution in [0.3, 0.4) is 0 Å². The summed E-state index contributed by atoms with van der Waals surface area (Å²) in [6.45, 7) is 2.04. The summed E-state index contributed by atoms with van der Waals surface area (Å²) < 4.78 is 5.43. The number of ether oxygens (including phenoxy) is 1. The number of amides is 1. The number of aromatic nitrogens is 1. The minimum Gasteiger partial charge on any atom is -0.497 e. The second-order valence-corrected chi connectivity index (χ2v) is 7.69. The SMILES string of the molecule is COc1ccc2c(c1)C(c1ccccc1)C(C)(C(=O)Nc1nccs1)C2. The lowest BCUT2D eigenvalue weighted by Gasteiger charge is -2.31. The molecule has 0 fully saturated rings. The maximum absolute atomic E-state index is 13.3. The number of carbonyl (C=O) groups is 1. The van der Waals surface area contributed by atoms with Crippen molar-refractivity contribution in [1.82, 2.24) is 4.98 Å². The molecule has 2 atom stereocenters. The molecule has 0 aliphatic heterocycles. The molecule has 0 bridgehead atoms. The second-order valence-electron chi connectivity index (χ2n) is 6.79. The van der Waals surface area contributed by atoms with Crippen molar-refractivity contribution >= 4 is 22.4 Å². The molecule has 4 rings (SSSR count). The van der Waals surface area contributed by atoms with Gasteiger partial charge in [0, 0.05) is 17.5 Å². The molecule has 2 unspecified atom stereocenters. The highest BCUT2D eigenvalue weighted by molar-refractivity contribution is 7.13. The Hall–Kier alpha value is -2.66. The summed E-state index contributed by atoms with van der Waals surface area (Å²) in [5.74, 6) is 0.777. The van der Waals surface area contributed by atoms with E-state index < -0.39 is 5.41 Å². The van der Waals surface area contributed by atoms with Crippen LogP contribution in [-0.2, 0) is 11.2 Å². The second kappa shape index (κ2) is 6.57. The van der Waals surface area contributed by atoms with Crippen LogP contribution in [0.15, 0.2) is 60.1 Å². The molecule has 1 aliphatic rings. The van der Waals surface area contributed by atoms with E-state index in [2.05, 4.69) is 34.6 Å². The molecule has 132 valence electrons. The summed E-state index contributed by atoms with van der Waals surface area (Å²) in [7, 11) is 1.67. The Balaban J connectivity index is 1.79. The number of nitrogens with zero attached hydrogens (tertiary/aromatic N) is 1. The first kappa shape index (κ1) is 16.8. The monoisotopic (exact) mass is 364 g/mol. The molecule has 1 aliphatic carbocycles. The van der Waals surface area contributed by atoms with Crippen molar-refractivity contribution in [3.63, 3.8) is 0 Å². The predicted octanol–water partition coefficient (Wildman–Crippen LogP) is 4.48. The number of hydrogen-bond donors (Lipinski definition) is 1. The van der Waals surface area contributed by atoms with Gasteiger partial charge in [-0.15, -0.1) is 11.3 Å². The minimum atomic E-state index is -0.596. The fourth-order valence-electron chi connectivity index (χ4n) is 3.90. The summed E-state index contributed by atoms with van der Waals surface area (Å²) in [4.78, 5) is 17.5. The largest absolute Gasteiger partial charge is 0.497 e. The fraction of sp³-hybridized carbons (Fsp3) is 0.238. The molecule has 1 heterocycles. The van der Waals surface area contributed by atoms with Gasteiger partial charge in [0.05, 0.1) is 12.5 Å². The van der Waals surface area contributed by atoms with Gasteiger partial charge in [-0.3, -0.25) is 4.79 Å². The standard InChI is InChI=1S/C21H20N2O2S/c1-21(19(24)23-20-22-10-11-26-20)13-15-8-9-16(25-2)12-17(15)18(21)14-6-4-3-5-7-14/h3-12,18H,13H2,1-2H3,(H,22,23,24). The number of nitrogens with one attached hydrogen (secondary N) is 1. The topological polar surface area (TPSA) is 51.2 Å². The highest BCUT2D eigenvalue weighted by Gasteiger charge is 2.49. The molecule has 3 aromatic rings. The molecule has 0 saturated heterocycles. The van der Waals surface area contributed by atoms with Crippen molar-refractivity contribution in [3.8, 4) is 5.75 Å². The molecule has 1 amide bonds. The van der Waals surface area contributed by atoms with Gasteiger partial charge in [-0.2, -0.15) is 0 Å². The van der Waals surface area contributed by atoms with E-state index in [-0.39, 0.29) is 11.8 Å². The van der Waals surface area contributed by atoms with Crippen LogP contribution in [0.4, 0.5) is 5.13 Å². The van der Waals surface area contributed by atoms with Crippen LogP contribution < -0.4 is 10.1 Å². The maximum Gasteiger partial charge on any atom is 0.233 e. The van der Waals surface area contributed by atoms with Crippen molar-refractivity contribution in [2.45, 2.75) is 19.3 Å². The average molecular weight is 364 g/mol. The molecule has 0 saturated carbocycles.